The van der Waals surface area contributed by atoms with Crippen LogP contribution in [0.1, 0.15) is 52.9 Å². The molecule has 0 spiro atoms. The number of hydrogen-bond acceptors (Lipinski definition) is 1. The zero-order chi connectivity index (χ0) is 9.84. The fourth-order valence-electron chi connectivity index (χ4n) is 3.14. The summed E-state index contributed by atoms with van der Waals surface area (Å²) in [7, 11) is 0. The summed E-state index contributed by atoms with van der Waals surface area (Å²) in [5.41, 5.74) is 0. The molecule has 0 saturated heterocycles. The number of thiol groups is 1. The average molecular weight is 200 g/mol. The molecule has 0 nitrogen and oxygen atoms in total. The largest absolute Gasteiger partial charge is 0.176 e. The van der Waals surface area contributed by atoms with E-state index in [-0.39, 0.29) is 0 Å². The standard InChI is InChI=1S/C12H24S/c1-4-7-11-10(6-3)9(5-2)8-12(11)13/h9-13H,4-8H2,1-3H3. The molecule has 0 aromatic heterocycles. The van der Waals surface area contributed by atoms with Crippen LogP contribution in [0.15, 0.2) is 0 Å². The van der Waals surface area contributed by atoms with Crippen LogP contribution >= 0.6 is 12.6 Å². The molecule has 0 aromatic carbocycles. The lowest BCUT2D eigenvalue weighted by molar-refractivity contribution is 0.283. The van der Waals surface area contributed by atoms with Gasteiger partial charge in [-0.25, -0.2) is 0 Å². The first-order chi connectivity index (χ1) is 6.24. The minimum Gasteiger partial charge on any atom is -0.176 e. The molecule has 1 saturated carbocycles. The summed E-state index contributed by atoms with van der Waals surface area (Å²) in [5, 5.41) is 0.690. The lowest BCUT2D eigenvalue weighted by atomic mass is 9.84. The van der Waals surface area contributed by atoms with E-state index in [2.05, 4.69) is 20.8 Å². The molecule has 0 aliphatic heterocycles. The van der Waals surface area contributed by atoms with Crippen molar-refractivity contribution in [2.45, 2.75) is 58.1 Å². The fraction of sp³-hybridized carbons (Fsp3) is 1.00. The molecular weight excluding hydrogens is 176 g/mol. The van der Waals surface area contributed by atoms with E-state index in [9.17, 15) is 0 Å². The average Bonchev–Trinajstić information content (AvgIpc) is 2.44. The van der Waals surface area contributed by atoms with Crippen LogP contribution in [0.2, 0.25) is 0 Å². The third kappa shape index (κ3) is 2.43. The lowest BCUT2D eigenvalue weighted by Crippen LogP contribution is -2.16. The molecule has 13 heavy (non-hydrogen) atoms. The SMILES string of the molecule is CCCC1C(S)CC(CC)C1CC. The first-order valence-electron chi connectivity index (χ1n) is 5.92. The predicted octanol–water partition coefficient (Wildman–Crippen LogP) is 4.16. The van der Waals surface area contributed by atoms with Crippen molar-refractivity contribution in [3.8, 4) is 0 Å². The Balaban J connectivity index is 2.59. The molecule has 0 heterocycles. The minimum absolute atomic E-state index is 0.690. The van der Waals surface area contributed by atoms with E-state index in [0.717, 1.165) is 17.8 Å². The third-order valence-electron chi connectivity index (χ3n) is 3.81. The van der Waals surface area contributed by atoms with E-state index in [4.69, 9.17) is 12.6 Å². The van der Waals surface area contributed by atoms with Crippen LogP contribution in [-0.4, -0.2) is 5.25 Å². The first kappa shape index (κ1) is 11.4. The maximum absolute atomic E-state index is 4.75. The highest BCUT2D eigenvalue weighted by molar-refractivity contribution is 7.81. The monoisotopic (exact) mass is 200 g/mol. The van der Waals surface area contributed by atoms with Crippen LogP contribution < -0.4 is 0 Å². The quantitative estimate of drug-likeness (QED) is 0.647. The Morgan fingerprint density at radius 2 is 1.77 bits per heavy atom. The Labute approximate surface area is 88.9 Å². The minimum atomic E-state index is 0.690. The van der Waals surface area contributed by atoms with Crippen molar-refractivity contribution in [3.63, 3.8) is 0 Å². The Morgan fingerprint density at radius 1 is 1.08 bits per heavy atom. The second-order valence-electron chi connectivity index (χ2n) is 4.50. The summed E-state index contributed by atoms with van der Waals surface area (Å²) >= 11 is 4.75. The van der Waals surface area contributed by atoms with E-state index >= 15 is 0 Å². The van der Waals surface area contributed by atoms with Crippen molar-refractivity contribution >= 4 is 12.6 Å². The van der Waals surface area contributed by atoms with Gasteiger partial charge in [-0.15, -0.1) is 0 Å². The van der Waals surface area contributed by atoms with Gasteiger partial charge in [0.25, 0.3) is 0 Å². The second kappa shape index (κ2) is 5.29. The van der Waals surface area contributed by atoms with Crippen LogP contribution in [0.4, 0.5) is 0 Å². The zero-order valence-electron chi connectivity index (χ0n) is 9.29. The van der Waals surface area contributed by atoms with Crippen molar-refractivity contribution in [1.82, 2.24) is 0 Å². The molecule has 4 unspecified atom stereocenters. The summed E-state index contributed by atoms with van der Waals surface area (Å²) in [6.07, 6.45) is 6.80. The summed E-state index contributed by atoms with van der Waals surface area (Å²) < 4.78 is 0. The molecule has 1 rings (SSSR count). The van der Waals surface area contributed by atoms with Gasteiger partial charge in [0.15, 0.2) is 0 Å². The lowest BCUT2D eigenvalue weighted by Gasteiger charge is -2.23. The topological polar surface area (TPSA) is 0 Å². The van der Waals surface area contributed by atoms with Crippen LogP contribution in [-0.2, 0) is 0 Å². The highest BCUT2D eigenvalue weighted by Crippen LogP contribution is 2.45. The zero-order valence-corrected chi connectivity index (χ0v) is 10.2. The van der Waals surface area contributed by atoms with Crippen molar-refractivity contribution in [1.29, 1.82) is 0 Å². The van der Waals surface area contributed by atoms with Gasteiger partial charge in [-0.05, 0) is 30.6 Å². The number of rotatable bonds is 4. The molecule has 1 heteroatoms. The van der Waals surface area contributed by atoms with E-state index in [1.807, 2.05) is 0 Å². The Hall–Kier alpha value is 0.350. The van der Waals surface area contributed by atoms with Gasteiger partial charge < -0.3 is 0 Å². The molecule has 0 aromatic rings. The van der Waals surface area contributed by atoms with E-state index < -0.39 is 0 Å². The van der Waals surface area contributed by atoms with Gasteiger partial charge in [-0.1, -0.05) is 40.0 Å². The summed E-state index contributed by atoms with van der Waals surface area (Å²) in [4.78, 5) is 0. The molecule has 0 radical (unpaired) electrons. The second-order valence-corrected chi connectivity index (χ2v) is 5.16. The van der Waals surface area contributed by atoms with Crippen LogP contribution in [0, 0.1) is 17.8 Å². The van der Waals surface area contributed by atoms with E-state index in [1.54, 1.807) is 0 Å². The van der Waals surface area contributed by atoms with Crippen molar-refractivity contribution in [2.24, 2.45) is 17.8 Å². The van der Waals surface area contributed by atoms with Crippen LogP contribution in [0.3, 0.4) is 0 Å². The summed E-state index contributed by atoms with van der Waals surface area (Å²) in [6, 6.07) is 0. The van der Waals surface area contributed by atoms with Gasteiger partial charge in [0.2, 0.25) is 0 Å². The van der Waals surface area contributed by atoms with Crippen LogP contribution in [0.25, 0.3) is 0 Å². The maximum Gasteiger partial charge on any atom is 0.00505 e. The molecule has 0 bridgehead atoms. The van der Waals surface area contributed by atoms with E-state index in [0.29, 0.717) is 5.25 Å². The molecule has 0 amide bonds. The van der Waals surface area contributed by atoms with Crippen LogP contribution in [0.5, 0.6) is 0 Å². The highest BCUT2D eigenvalue weighted by atomic mass is 32.1. The maximum atomic E-state index is 4.75. The Morgan fingerprint density at radius 3 is 2.23 bits per heavy atom. The summed E-state index contributed by atoms with van der Waals surface area (Å²) in [6.45, 7) is 6.98. The van der Waals surface area contributed by atoms with Gasteiger partial charge in [0.05, 0.1) is 0 Å². The smallest absolute Gasteiger partial charge is 0.00505 e. The molecule has 0 N–H and O–H groups in total. The molecule has 1 fully saturated rings. The summed E-state index contributed by atoms with van der Waals surface area (Å²) in [5.74, 6) is 2.83. The Kier molecular flexibility index (Phi) is 4.64. The number of hydrogen-bond donors (Lipinski definition) is 1. The molecule has 1 aliphatic rings. The molecular formula is C12H24S. The fourth-order valence-corrected chi connectivity index (χ4v) is 3.78. The third-order valence-corrected chi connectivity index (χ3v) is 4.41. The molecule has 1 aliphatic carbocycles. The molecule has 4 atom stereocenters. The van der Waals surface area contributed by atoms with Crippen molar-refractivity contribution < 1.29 is 0 Å². The normalized spacial score (nSPS) is 39.7. The van der Waals surface area contributed by atoms with Gasteiger partial charge in [0, 0.05) is 5.25 Å². The predicted molar refractivity (Wildman–Crippen MR) is 63.4 cm³/mol. The molecule has 78 valence electrons. The highest BCUT2D eigenvalue weighted by Gasteiger charge is 2.38. The Bertz CT molecular complexity index is 144. The van der Waals surface area contributed by atoms with Crippen molar-refractivity contribution in [3.05, 3.63) is 0 Å². The van der Waals surface area contributed by atoms with Crippen molar-refractivity contribution in [2.75, 3.05) is 0 Å². The van der Waals surface area contributed by atoms with Gasteiger partial charge >= 0.3 is 0 Å². The van der Waals surface area contributed by atoms with Gasteiger partial charge in [0.1, 0.15) is 0 Å². The van der Waals surface area contributed by atoms with Gasteiger partial charge in [-0.2, -0.15) is 12.6 Å². The van der Waals surface area contributed by atoms with Gasteiger partial charge in [-0.3, -0.25) is 0 Å². The first-order valence-corrected chi connectivity index (χ1v) is 6.44. The van der Waals surface area contributed by atoms with E-state index in [1.165, 1.54) is 32.1 Å².